The van der Waals surface area contributed by atoms with Crippen molar-refractivity contribution < 1.29 is 4.74 Å². The number of halogens is 1. The topological polar surface area (TPSA) is 21.3 Å². The van der Waals surface area contributed by atoms with Crippen molar-refractivity contribution >= 4 is 21.6 Å². The molecule has 0 heterocycles. The molecule has 0 saturated heterocycles. The van der Waals surface area contributed by atoms with Crippen molar-refractivity contribution in [3.8, 4) is 0 Å². The molecule has 1 aromatic rings. The molecule has 0 aliphatic rings. The fraction of sp³-hybridized carbons (Fsp3) is 0.400. The molecule has 1 rings (SSSR count). The first-order valence-corrected chi connectivity index (χ1v) is 5.03. The molecule has 0 spiro atoms. The summed E-state index contributed by atoms with van der Waals surface area (Å²) in [6.45, 7) is 2.80. The predicted molar refractivity (Wildman–Crippen MR) is 59.1 cm³/mol. The van der Waals surface area contributed by atoms with Gasteiger partial charge in [-0.2, -0.15) is 0 Å². The second kappa shape index (κ2) is 5.25. The lowest BCUT2D eigenvalue weighted by atomic mass is 10.3. The summed E-state index contributed by atoms with van der Waals surface area (Å²) in [5, 5.41) is 3.34. The summed E-state index contributed by atoms with van der Waals surface area (Å²) >= 11 is 3.47. The highest BCUT2D eigenvalue weighted by molar-refractivity contribution is 9.10. The fourth-order valence-corrected chi connectivity index (χ4v) is 1.53. The summed E-state index contributed by atoms with van der Waals surface area (Å²) in [7, 11) is 1.71. The third-order valence-corrected chi connectivity index (χ3v) is 2.38. The first kappa shape index (κ1) is 10.5. The number of anilines is 1. The lowest BCUT2D eigenvalue weighted by Crippen LogP contribution is -2.20. The van der Waals surface area contributed by atoms with Gasteiger partial charge in [0.15, 0.2) is 0 Å². The summed E-state index contributed by atoms with van der Waals surface area (Å²) in [5.41, 5.74) is 1.10. The van der Waals surface area contributed by atoms with Gasteiger partial charge >= 0.3 is 0 Å². The Morgan fingerprint density at radius 1 is 1.46 bits per heavy atom. The Bertz CT molecular complexity index is 265. The van der Waals surface area contributed by atoms with E-state index in [1.165, 1.54) is 0 Å². The van der Waals surface area contributed by atoms with Gasteiger partial charge in [-0.25, -0.2) is 0 Å². The van der Waals surface area contributed by atoms with Crippen LogP contribution in [-0.4, -0.2) is 19.8 Å². The minimum atomic E-state index is 0.323. The molecule has 1 atom stereocenters. The number of benzene rings is 1. The zero-order valence-electron chi connectivity index (χ0n) is 7.88. The van der Waals surface area contributed by atoms with Crippen LogP contribution in [0.5, 0.6) is 0 Å². The molecule has 0 bridgehead atoms. The number of nitrogens with one attached hydrogen (secondary N) is 1. The van der Waals surface area contributed by atoms with Gasteiger partial charge in [-0.05, 0) is 35.0 Å². The zero-order chi connectivity index (χ0) is 9.68. The summed E-state index contributed by atoms with van der Waals surface area (Å²) in [6, 6.07) is 8.38. The Labute approximate surface area is 87.4 Å². The van der Waals surface area contributed by atoms with E-state index in [1.54, 1.807) is 7.11 Å². The van der Waals surface area contributed by atoms with Gasteiger partial charge in [0.1, 0.15) is 0 Å². The third kappa shape index (κ3) is 3.36. The van der Waals surface area contributed by atoms with Gasteiger partial charge < -0.3 is 10.1 Å². The highest BCUT2D eigenvalue weighted by Crippen LogP contribution is 2.21. The van der Waals surface area contributed by atoms with Gasteiger partial charge in [0.2, 0.25) is 0 Å². The second-order valence-corrected chi connectivity index (χ2v) is 3.83. The minimum Gasteiger partial charge on any atom is -0.383 e. The Balaban J connectivity index is 2.58. The number of rotatable bonds is 4. The first-order chi connectivity index (χ1) is 6.24. The van der Waals surface area contributed by atoms with Crippen molar-refractivity contribution in [2.45, 2.75) is 13.0 Å². The molecular weight excluding hydrogens is 230 g/mol. The van der Waals surface area contributed by atoms with E-state index in [4.69, 9.17) is 4.74 Å². The van der Waals surface area contributed by atoms with Crippen molar-refractivity contribution in [3.63, 3.8) is 0 Å². The largest absolute Gasteiger partial charge is 0.383 e. The molecule has 0 aliphatic carbocycles. The van der Waals surface area contributed by atoms with E-state index >= 15 is 0 Å². The van der Waals surface area contributed by atoms with Crippen LogP contribution in [0.4, 0.5) is 5.69 Å². The minimum absolute atomic E-state index is 0.323. The van der Waals surface area contributed by atoms with Crippen LogP contribution in [-0.2, 0) is 4.74 Å². The molecule has 0 radical (unpaired) electrons. The molecule has 2 nitrogen and oxygen atoms in total. The van der Waals surface area contributed by atoms with Crippen LogP contribution in [0.25, 0.3) is 0 Å². The summed E-state index contributed by atoms with van der Waals surface area (Å²) in [4.78, 5) is 0. The average Bonchev–Trinajstić information content (AvgIpc) is 2.09. The zero-order valence-corrected chi connectivity index (χ0v) is 9.47. The molecule has 13 heavy (non-hydrogen) atoms. The quantitative estimate of drug-likeness (QED) is 0.879. The Morgan fingerprint density at radius 3 is 2.77 bits per heavy atom. The lowest BCUT2D eigenvalue weighted by Gasteiger charge is -2.15. The van der Waals surface area contributed by atoms with Crippen molar-refractivity contribution in [1.82, 2.24) is 0 Å². The maximum absolute atomic E-state index is 5.04. The van der Waals surface area contributed by atoms with Crippen LogP contribution in [0.2, 0.25) is 0 Å². The number of hydrogen-bond donors (Lipinski definition) is 1. The Kier molecular flexibility index (Phi) is 4.25. The number of para-hydroxylation sites is 1. The SMILES string of the molecule is COC[C@@H](C)Nc1ccccc1Br. The van der Waals surface area contributed by atoms with E-state index in [0.29, 0.717) is 12.6 Å². The average molecular weight is 244 g/mol. The molecule has 0 unspecified atom stereocenters. The molecule has 0 fully saturated rings. The Hall–Kier alpha value is -0.540. The predicted octanol–water partition coefficient (Wildman–Crippen LogP) is 2.90. The monoisotopic (exact) mass is 243 g/mol. The third-order valence-electron chi connectivity index (χ3n) is 1.69. The van der Waals surface area contributed by atoms with Gasteiger partial charge in [0.05, 0.1) is 6.61 Å². The summed E-state index contributed by atoms with van der Waals surface area (Å²) in [5.74, 6) is 0. The van der Waals surface area contributed by atoms with Crippen molar-refractivity contribution in [1.29, 1.82) is 0 Å². The summed E-state index contributed by atoms with van der Waals surface area (Å²) < 4.78 is 6.12. The molecule has 1 N–H and O–H groups in total. The molecular formula is C10H14BrNO. The molecule has 1 aromatic carbocycles. The molecule has 0 saturated carbocycles. The van der Waals surface area contributed by atoms with E-state index in [-0.39, 0.29) is 0 Å². The van der Waals surface area contributed by atoms with Crippen LogP contribution in [0.1, 0.15) is 6.92 Å². The second-order valence-electron chi connectivity index (χ2n) is 2.98. The number of methoxy groups -OCH3 is 1. The van der Waals surface area contributed by atoms with Gasteiger partial charge in [0.25, 0.3) is 0 Å². The van der Waals surface area contributed by atoms with E-state index in [9.17, 15) is 0 Å². The van der Waals surface area contributed by atoms with Crippen LogP contribution in [0.3, 0.4) is 0 Å². The molecule has 3 heteroatoms. The number of hydrogen-bond acceptors (Lipinski definition) is 2. The van der Waals surface area contributed by atoms with Crippen LogP contribution >= 0.6 is 15.9 Å². The summed E-state index contributed by atoms with van der Waals surface area (Å²) in [6.07, 6.45) is 0. The highest BCUT2D eigenvalue weighted by Gasteiger charge is 2.02. The normalized spacial score (nSPS) is 12.5. The van der Waals surface area contributed by atoms with E-state index in [1.807, 2.05) is 24.3 Å². The smallest absolute Gasteiger partial charge is 0.0661 e. The van der Waals surface area contributed by atoms with Crippen molar-refractivity contribution in [3.05, 3.63) is 28.7 Å². The van der Waals surface area contributed by atoms with Gasteiger partial charge in [-0.3, -0.25) is 0 Å². The molecule has 72 valence electrons. The van der Waals surface area contributed by atoms with Gasteiger partial charge in [-0.1, -0.05) is 12.1 Å². The van der Waals surface area contributed by atoms with E-state index < -0.39 is 0 Å². The standard InChI is InChI=1S/C10H14BrNO/c1-8(7-13-2)12-10-6-4-3-5-9(10)11/h3-6,8,12H,7H2,1-2H3/t8-/m1/s1. The van der Waals surface area contributed by atoms with E-state index in [0.717, 1.165) is 10.2 Å². The first-order valence-electron chi connectivity index (χ1n) is 4.24. The van der Waals surface area contributed by atoms with Crippen LogP contribution < -0.4 is 5.32 Å². The van der Waals surface area contributed by atoms with Crippen molar-refractivity contribution in [2.75, 3.05) is 19.0 Å². The van der Waals surface area contributed by atoms with Gasteiger partial charge in [-0.15, -0.1) is 0 Å². The fourth-order valence-electron chi connectivity index (χ4n) is 1.14. The number of ether oxygens (including phenoxy) is 1. The van der Waals surface area contributed by atoms with Crippen LogP contribution in [0, 0.1) is 0 Å². The van der Waals surface area contributed by atoms with E-state index in [2.05, 4.69) is 28.2 Å². The highest BCUT2D eigenvalue weighted by atomic mass is 79.9. The lowest BCUT2D eigenvalue weighted by molar-refractivity contribution is 0.190. The molecule has 0 aliphatic heterocycles. The molecule has 0 aromatic heterocycles. The maximum atomic E-state index is 5.04. The molecule has 0 amide bonds. The Morgan fingerprint density at radius 2 is 2.15 bits per heavy atom. The van der Waals surface area contributed by atoms with Crippen molar-refractivity contribution in [2.24, 2.45) is 0 Å². The maximum Gasteiger partial charge on any atom is 0.0661 e. The van der Waals surface area contributed by atoms with Gasteiger partial charge in [0, 0.05) is 23.3 Å². The van der Waals surface area contributed by atoms with Crippen LogP contribution in [0.15, 0.2) is 28.7 Å².